The maximum atomic E-state index is 12.2. The van der Waals surface area contributed by atoms with Gasteiger partial charge in [-0.05, 0) is 13.0 Å². The highest BCUT2D eigenvalue weighted by Gasteiger charge is 2.33. The number of fused-ring (bicyclic) bond motifs is 1. The zero-order chi connectivity index (χ0) is 14.0. The van der Waals surface area contributed by atoms with E-state index in [1.54, 1.807) is 13.0 Å². The van der Waals surface area contributed by atoms with Crippen molar-refractivity contribution >= 4 is 35.3 Å². The van der Waals surface area contributed by atoms with Gasteiger partial charge in [-0.25, -0.2) is 0 Å². The largest absolute Gasteiger partial charge is 0.494 e. The lowest BCUT2D eigenvalue weighted by atomic mass is 9.94. The fourth-order valence-electron chi connectivity index (χ4n) is 1.84. The molecule has 1 aromatic carbocycles. The fourth-order valence-corrected chi connectivity index (χ4v) is 2.04. The summed E-state index contributed by atoms with van der Waals surface area (Å²) in [6.45, 7) is 1.89. The Morgan fingerprint density at radius 1 is 1.47 bits per heavy atom. The molecule has 0 N–H and O–H groups in total. The first-order chi connectivity index (χ1) is 9.08. The molecule has 0 bridgehead atoms. The number of carbonyl (C=O) groups is 2. The minimum Gasteiger partial charge on any atom is -0.494 e. The minimum atomic E-state index is -1.02. The van der Waals surface area contributed by atoms with Crippen LogP contribution in [0.15, 0.2) is 17.1 Å². The SMILES string of the molecule is CCOC(=O)C1C=Nc2c(OC)cc(Cl)cc2C1=O. The van der Waals surface area contributed by atoms with Crippen molar-refractivity contribution in [3.05, 3.63) is 22.7 Å². The van der Waals surface area contributed by atoms with Gasteiger partial charge in [0.1, 0.15) is 11.4 Å². The van der Waals surface area contributed by atoms with Gasteiger partial charge in [0.2, 0.25) is 0 Å². The van der Waals surface area contributed by atoms with E-state index < -0.39 is 11.9 Å². The molecule has 0 radical (unpaired) electrons. The first-order valence-corrected chi connectivity index (χ1v) is 6.08. The first kappa shape index (κ1) is 13.5. The van der Waals surface area contributed by atoms with Crippen LogP contribution in [0.5, 0.6) is 5.75 Å². The van der Waals surface area contributed by atoms with Crippen LogP contribution < -0.4 is 4.74 Å². The molecule has 0 saturated heterocycles. The second-order valence-corrected chi connectivity index (χ2v) is 4.31. The lowest BCUT2D eigenvalue weighted by molar-refractivity contribution is -0.144. The summed E-state index contributed by atoms with van der Waals surface area (Å²) in [5.41, 5.74) is 0.655. The Bertz CT molecular complexity index is 568. The highest BCUT2D eigenvalue weighted by Crippen LogP contribution is 2.38. The number of nitrogens with zero attached hydrogens (tertiary/aromatic N) is 1. The second kappa shape index (κ2) is 5.40. The molecule has 2 rings (SSSR count). The van der Waals surface area contributed by atoms with Crippen LogP contribution in [0.1, 0.15) is 17.3 Å². The summed E-state index contributed by atoms with van der Waals surface area (Å²) in [6, 6.07) is 3.04. The number of aliphatic imine (C=N–C) groups is 1. The van der Waals surface area contributed by atoms with E-state index in [1.165, 1.54) is 19.4 Å². The molecular weight excluding hydrogens is 270 g/mol. The third kappa shape index (κ3) is 2.46. The van der Waals surface area contributed by atoms with Crippen molar-refractivity contribution in [3.8, 4) is 5.75 Å². The van der Waals surface area contributed by atoms with Gasteiger partial charge in [-0.2, -0.15) is 0 Å². The van der Waals surface area contributed by atoms with Crippen LogP contribution in [0.2, 0.25) is 5.02 Å². The summed E-state index contributed by atoms with van der Waals surface area (Å²) in [6.07, 6.45) is 1.28. The lowest BCUT2D eigenvalue weighted by Gasteiger charge is -2.18. The summed E-state index contributed by atoms with van der Waals surface area (Å²) in [5, 5.41) is 0.351. The van der Waals surface area contributed by atoms with Crippen molar-refractivity contribution in [2.75, 3.05) is 13.7 Å². The van der Waals surface area contributed by atoms with Crippen molar-refractivity contribution in [2.45, 2.75) is 6.92 Å². The molecule has 0 amide bonds. The van der Waals surface area contributed by atoms with Crippen molar-refractivity contribution in [2.24, 2.45) is 10.9 Å². The predicted molar refractivity (Wildman–Crippen MR) is 70.6 cm³/mol. The number of hydrogen-bond acceptors (Lipinski definition) is 5. The molecule has 5 nitrogen and oxygen atoms in total. The molecule has 1 aliphatic heterocycles. The molecule has 1 aromatic rings. The van der Waals surface area contributed by atoms with Crippen molar-refractivity contribution in [1.82, 2.24) is 0 Å². The summed E-state index contributed by atoms with van der Waals surface area (Å²) >= 11 is 5.91. The Morgan fingerprint density at radius 2 is 2.21 bits per heavy atom. The molecule has 1 atom stereocenters. The van der Waals surface area contributed by atoms with E-state index in [9.17, 15) is 9.59 Å². The molecule has 0 aliphatic carbocycles. The number of ketones is 1. The van der Waals surface area contributed by atoms with Gasteiger partial charge < -0.3 is 9.47 Å². The molecular formula is C13H12ClNO4. The second-order valence-electron chi connectivity index (χ2n) is 3.88. The average Bonchev–Trinajstić information content (AvgIpc) is 2.39. The zero-order valence-corrected chi connectivity index (χ0v) is 11.2. The molecule has 19 heavy (non-hydrogen) atoms. The molecule has 0 aromatic heterocycles. The summed E-state index contributed by atoms with van der Waals surface area (Å²) in [5.74, 6) is -1.62. The van der Waals surface area contributed by atoms with Crippen LogP contribution in [-0.4, -0.2) is 31.7 Å². The monoisotopic (exact) mass is 281 g/mol. The third-order valence-corrected chi connectivity index (χ3v) is 2.92. The number of ether oxygens (including phenoxy) is 2. The summed E-state index contributed by atoms with van der Waals surface area (Å²) < 4.78 is 9.96. The molecule has 6 heteroatoms. The highest BCUT2D eigenvalue weighted by atomic mass is 35.5. The number of Topliss-reactive ketones (excluding diaryl/α,β-unsaturated/α-hetero) is 1. The van der Waals surface area contributed by atoms with Crippen molar-refractivity contribution in [3.63, 3.8) is 0 Å². The average molecular weight is 282 g/mol. The minimum absolute atomic E-state index is 0.210. The summed E-state index contributed by atoms with van der Waals surface area (Å²) in [7, 11) is 1.46. The van der Waals surface area contributed by atoms with Crippen LogP contribution in [0.4, 0.5) is 5.69 Å². The maximum Gasteiger partial charge on any atom is 0.322 e. The Morgan fingerprint density at radius 3 is 2.84 bits per heavy atom. The number of esters is 1. The van der Waals surface area contributed by atoms with Gasteiger partial charge >= 0.3 is 5.97 Å². The van der Waals surface area contributed by atoms with Crippen LogP contribution in [-0.2, 0) is 9.53 Å². The van der Waals surface area contributed by atoms with E-state index in [2.05, 4.69) is 4.99 Å². The normalized spacial score (nSPS) is 17.0. The lowest BCUT2D eigenvalue weighted by Crippen LogP contribution is -2.29. The standard InChI is InChI=1S/C13H12ClNO4/c1-3-19-13(17)9-6-15-11-8(12(9)16)4-7(14)5-10(11)18-2/h4-6,9H,3H2,1-2H3. The third-order valence-electron chi connectivity index (χ3n) is 2.70. The number of halogens is 1. The molecule has 100 valence electrons. The number of hydrogen-bond donors (Lipinski definition) is 0. The van der Waals surface area contributed by atoms with Gasteiger partial charge in [0.25, 0.3) is 0 Å². The van der Waals surface area contributed by atoms with Gasteiger partial charge in [0, 0.05) is 22.9 Å². The maximum absolute atomic E-state index is 12.2. The van der Waals surface area contributed by atoms with Crippen LogP contribution in [0.3, 0.4) is 0 Å². The highest BCUT2D eigenvalue weighted by molar-refractivity contribution is 6.32. The van der Waals surface area contributed by atoms with Crippen LogP contribution in [0, 0.1) is 5.92 Å². The van der Waals surface area contributed by atoms with Gasteiger partial charge in [-0.15, -0.1) is 0 Å². The fraction of sp³-hybridized carbons (Fsp3) is 0.308. The Balaban J connectivity index is 2.44. The number of benzene rings is 1. The van der Waals surface area contributed by atoms with E-state index in [4.69, 9.17) is 21.1 Å². The topological polar surface area (TPSA) is 65.0 Å². The molecule has 0 fully saturated rings. The van der Waals surface area contributed by atoms with Gasteiger partial charge in [-0.3, -0.25) is 14.6 Å². The number of rotatable bonds is 3. The predicted octanol–water partition coefficient (Wildman–Crippen LogP) is 2.43. The van der Waals surface area contributed by atoms with Crippen LogP contribution in [0.25, 0.3) is 0 Å². The quantitative estimate of drug-likeness (QED) is 0.630. The summed E-state index contributed by atoms with van der Waals surface area (Å²) in [4.78, 5) is 28.0. The van der Waals surface area contributed by atoms with E-state index in [0.29, 0.717) is 16.5 Å². The van der Waals surface area contributed by atoms with Crippen LogP contribution >= 0.6 is 11.6 Å². The Kier molecular flexibility index (Phi) is 3.85. The van der Waals surface area contributed by atoms with E-state index in [-0.39, 0.29) is 18.0 Å². The van der Waals surface area contributed by atoms with Crippen molar-refractivity contribution in [1.29, 1.82) is 0 Å². The molecule has 1 unspecified atom stereocenters. The zero-order valence-electron chi connectivity index (χ0n) is 10.5. The van der Waals surface area contributed by atoms with Gasteiger partial charge in [0.05, 0.1) is 13.7 Å². The number of methoxy groups -OCH3 is 1. The molecule has 0 spiro atoms. The smallest absolute Gasteiger partial charge is 0.322 e. The Labute approximate surface area is 115 Å². The van der Waals surface area contributed by atoms with E-state index in [1.807, 2.05) is 0 Å². The molecule has 1 aliphatic rings. The van der Waals surface area contributed by atoms with Gasteiger partial charge in [-0.1, -0.05) is 11.6 Å². The van der Waals surface area contributed by atoms with E-state index in [0.717, 1.165) is 0 Å². The Hall–Kier alpha value is -1.88. The van der Waals surface area contributed by atoms with Crippen molar-refractivity contribution < 1.29 is 19.1 Å². The molecule has 0 saturated carbocycles. The number of carbonyl (C=O) groups excluding carboxylic acids is 2. The van der Waals surface area contributed by atoms with E-state index >= 15 is 0 Å². The first-order valence-electron chi connectivity index (χ1n) is 5.71. The molecule has 1 heterocycles. The van der Waals surface area contributed by atoms with Gasteiger partial charge in [0.15, 0.2) is 11.7 Å².